The average Bonchev–Trinajstić information content (AvgIpc) is 3.36. The third kappa shape index (κ3) is 3.57. The molecule has 3 aromatic carbocycles. The summed E-state index contributed by atoms with van der Waals surface area (Å²) in [4.78, 5) is 39.3. The highest BCUT2D eigenvalue weighted by Crippen LogP contribution is 2.35. The van der Waals surface area contributed by atoms with Gasteiger partial charge in [0.05, 0.1) is 7.11 Å². The van der Waals surface area contributed by atoms with E-state index in [0.717, 1.165) is 21.4 Å². The van der Waals surface area contributed by atoms with Crippen LogP contribution in [0.4, 0.5) is 10.5 Å². The fraction of sp³-hybridized carbons (Fsp3) is 0.208. The normalized spacial score (nSPS) is 19.0. The fourth-order valence-electron chi connectivity index (χ4n) is 4.02. The number of amides is 4. The van der Waals surface area contributed by atoms with E-state index < -0.39 is 29.9 Å². The van der Waals surface area contributed by atoms with Gasteiger partial charge in [-0.15, -0.1) is 0 Å². The Morgan fingerprint density at radius 3 is 2.64 bits per heavy atom. The van der Waals surface area contributed by atoms with Crippen LogP contribution < -0.4 is 24.8 Å². The van der Waals surface area contributed by atoms with Crippen LogP contribution in [-0.4, -0.2) is 43.2 Å². The predicted octanol–water partition coefficient (Wildman–Crippen LogP) is 2.98. The number of rotatable bonds is 5. The monoisotopic (exact) mass is 447 g/mol. The van der Waals surface area contributed by atoms with E-state index in [9.17, 15) is 14.4 Å². The van der Waals surface area contributed by atoms with Crippen LogP contribution in [0.15, 0.2) is 54.6 Å². The number of nitrogens with one attached hydrogen (secondary N) is 2. The van der Waals surface area contributed by atoms with Crippen molar-refractivity contribution in [2.24, 2.45) is 0 Å². The smallest absolute Gasteiger partial charge is 0.325 e. The highest BCUT2D eigenvalue weighted by molar-refractivity contribution is 6.10. The zero-order chi connectivity index (χ0) is 23.2. The Labute approximate surface area is 189 Å². The van der Waals surface area contributed by atoms with Gasteiger partial charge in [-0.2, -0.15) is 0 Å². The van der Waals surface area contributed by atoms with E-state index in [0.29, 0.717) is 22.7 Å². The van der Waals surface area contributed by atoms with E-state index in [1.807, 2.05) is 30.3 Å². The summed E-state index contributed by atoms with van der Waals surface area (Å²) in [6.07, 6.45) is 0. The van der Waals surface area contributed by atoms with Gasteiger partial charge >= 0.3 is 6.03 Å². The van der Waals surface area contributed by atoms with Crippen molar-refractivity contribution in [2.45, 2.75) is 12.5 Å². The zero-order valence-electron chi connectivity index (χ0n) is 18.0. The number of hydrogen-bond donors (Lipinski definition) is 2. The van der Waals surface area contributed by atoms with Gasteiger partial charge in [-0.25, -0.2) is 4.79 Å². The number of hydrogen-bond acceptors (Lipinski definition) is 6. The lowest BCUT2D eigenvalue weighted by Gasteiger charge is -2.22. The molecule has 1 saturated heterocycles. The molecule has 9 heteroatoms. The van der Waals surface area contributed by atoms with Crippen LogP contribution in [0.1, 0.15) is 12.5 Å². The van der Waals surface area contributed by atoms with E-state index in [1.54, 1.807) is 38.3 Å². The number of imide groups is 1. The van der Waals surface area contributed by atoms with E-state index >= 15 is 0 Å². The van der Waals surface area contributed by atoms with Gasteiger partial charge in [0.25, 0.3) is 5.91 Å². The van der Waals surface area contributed by atoms with Gasteiger partial charge in [0, 0.05) is 11.8 Å². The van der Waals surface area contributed by atoms with Gasteiger partial charge in [-0.1, -0.05) is 18.2 Å². The Kier molecular flexibility index (Phi) is 4.81. The Morgan fingerprint density at radius 1 is 1.06 bits per heavy atom. The van der Waals surface area contributed by atoms with E-state index in [4.69, 9.17) is 14.2 Å². The molecule has 1 atom stereocenters. The van der Waals surface area contributed by atoms with Gasteiger partial charge in [0.2, 0.25) is 12.7 Å². The Balaban J connectivity index is 1.33. The molecular weight excluding hydrogens is 426 g/mol. The SMILES string of the molecule is COc1ccc2cc([C@]3(C)NC(=O)N(CC(=O)Nc4ccc5c(c4)OCO5)C3=O)ccc2c1. The molecule has 2 N–H and O–H groups in total. The third-order valence-electron chi connectivity index (χ3n) is 5.86. The Morgan fingerprint density at radius 2 is 1.82 bits per heavy atom. The summed E-state index contributed by atoms with van der Waals surface area (Å²) >= 11 is 0. The molecule has 9 nitrogen and oxygen atoms in total. The van der Waals surface area contributed by atoms with Crippen molar-refractivity contribution in [2.75, 3.05) is 25.8 Å². The lowest BCUT2D eigenvalue weighted by Crippen LogP contribution is -2.42. The number of urea groups is 1. The summed E-state index contributed by atoms with van der Waals surface area (Å²) in [6.45, 7) is 1.34. The molecule has 33 heavy (non-hydrogen) atoms. The second kappa shape index (κ2) is 7.70. The maximum Gasteiger partial charge on any atom is 0.325 e. The first-order valence-corrected chi connectivity index (χ1v) is 10.3. The first-order valence-electron chi connectivity index (χ1n) is 10.3. The summed E-state index contributed by atoms with van der Waals surface area (Å²) in [6, 6.07) is 15.5. The molecule has 2 heterocycles. The molecule has 2 aliphatic heterocycles. The van der Waals surface area contributed by atoms with Crippen molar-refractivity contribution in [3.63, 3.8) is 0 Å². The van der Waals surface area contributed by atoms with Crippen LogP contribution in [0.2, 0.25) is 0 Å². The number of ether oxygens (including phenoxy) is 3. The van der Waals surface area contributed by atoms with Gasteiger partial charge in [-0.05, 0) is 53.6 Å². The van der Waals surface area contributed by atoms with Crippen molar-refractivity contribution >= 4 is 34.3 Å². The number of benzene rings is 3. The number of anilines is 1. The number of carbonyl (C=O) groups is 3. The summed E-state index contributed by atoms with van der Waals surface area (Å²) in [5, 5.41) is 7.26. The standard InChI is InChI=1S/C24H21N3O6/c1-24(16-5-3-15-10-18(31-2)7-4-14(15)9-16)22(29)27(23(30)26-24)12-21(28)25-17-6-8-19-20(11-17)33-13-32-19/h3-11H,12-13H2,1-2H3,(H,25,28)(H,26,30)/t24-/m0/s1. The molecule has 168 valence electrons. The first-order chi connectivity index (χ1) is 15.9. The van der Waals surface area contributed by atoms with Crippen LogP contribution in [0.25, 0.3) is 10.8 Å². The Bertz CT molecular complexity index is 1310. The molecule has 0 unspecified atom stereocenters. The van der Waals surface area contributed by atoms with Crippen molar-refractivity contribution in [3.05, 3.63) is 60.2 Å². The summed E-state index contributed by atoms with van der Waals surface area (Å²) < 4.78 is 15.8. The topological polar surface area (TPSA) is 106 Å². The molecule has 0 spiro atoms. The second-order valence-electron chi connectivity index (χ2n) is 7.99. The van der Waals surface area contributed by atoms with E-state index in [2.05, 4.69) is 10.6 Å². The third-order valence-corrected chi connectivity index (χ3v) is 5.86. The summed E-state index contributed by atoms with van der Waals surface area (Å²) in [7, 11) is 1.60. The zero-order valence-corrected chi connectivity index (χ0v) is 18.0. The molecule has 0 aromatic heterocycles. The van der Waals surface area contributed by atoms with Crippen LogP contribution in [0.5, 0.6) is 17.2 Å². The van der Waals surface area contributed by atoms with Gasteiger partial charge in [0.15, 0.2) is 11.5 Å². The predicted molar refractivity (Wildman–Crippen MR) is 119 cm³/mol. The maximum absolute atomic E-state index is 13.2. The lowest BCUT2D eigenvalue weighted by atomic mass is 9.90. The minimum absolute atomic E-state index is 0.121. The molecule has 3 aromatic rings. The van der Waals surface area contributed by atoms with Gasteiger partial charge in [0.1, 0.15) is 17.8 Å². The molecular formula is C24H21N3O6. The van der Waals surface area contributed by atoms with Gasteiger partial charge < -0.3 is 24.8 Å². The van der Waals surface area contributed by atoms with Crippen LogP contribution in [0.3, 0.4) is 0 Å². The first kappa shape index (κ1) is 20.6. The minimum Gasteiger partial charge on any atom is -0.497 e. The van der Waals surface area contributed by atoms with Crippen molar-refractivity contribution in [1.29, 1.82) is 0 Å². The minimum atomic E-state index is -1.29. The second-order valence-corrected chi connectivity index (χ2v) is 7.99. The highest BCUT2D eigenvalue weighted by atomic mass is 16.7. The molecule has 0 radical (unpaired) electrons. The maximum atomic E-state index is 13.2. The van der Waals surface area contributed by atoms with E-state index in [-0.39, 0.29) is 6.79 Å². The van der Waals surface area contributed by atoms with E-state index in [1.165, 1.54) is 0 Å². The molecule has 0 bridgehead atoms. The molecule has 5 rings (SSSR count). The molecule has 0 saturated carbocycles. The average molecular weight is 447 g/mol. The number of fused-ring (bicyclic) bond motifs is 2. The van der Waals surface area contributed by atoms with Crippen LogP contribution >= 0.6 is 0 Å². The molecule has 4 amide bonds. The quantitative estimate of drug-likeness (QED) is 0.583. The lowest BCUT2D eigenvalue weighted by molar-refractivity contribution is -0.133. The summed E-state index contributed by atoms with van der Waals surface area (Å²) in [5.74, 6) is 0.829. The van der Waals surface area contributed by atoms with Crippen molar-refractivity contribution in [1.82, 2.24) is 10.2 Å². The molecule has 1 fully saturated rings. The summed E-state index contributed by atoms with van der Waals surface area (Å²) in [5.41, 5.74) is -0.189. The van der Waals surface area contributed by atoms with Crippen molar-refractivity contribution < 1.29 is 28.6 Å². The van der Waals surface area contributed by atoms with Crippen LogP contribution in [-0.2, 0) is 15.1 Å². The number of methoxy groups -OCH3 is 1. The molecule has 0 aliphatic carbocycles. The number of carbonyl (C=O) groups excluding carboxylic acids is 3. The molecule has 2 aliphatic rings. The van der Waals surface area contributed by atoms with Gasteiger partial charge in [-0.3, -0.25) is 14.5 Å². The van der Waals surface area contributed by atoms with Crippen molar-refractivity contribution in [3.8, 4) is 17.2 Å². The van der Waals surface area contributed by atoms with Crippen LogP contribution in [0, 0.1) is 0 Å². The fourth-order valence-corrected chi connectivity index (χ4v) is 4.02. The largest absolute Gasteiger partial charge is 0.497 e. The number of nitrogens with zero attached hydrogens (tertiary/aromatic N) is 1. The Hall–Kier alpha value is -4.27. The highest BCUT2D eigenvalue weighted by Gasteiger charge is 2.49.